The molecule has 0 aliphatic carbocycles. The third-order valence-electron chi connectivity index (χ3n) is 3.88. The number of hydrogen-bond donors (Lipinski definition) is 0. The molecule has 4 rings (SSSR count). The van der Waals surface area contributed by atoms with Crippen molar-refractivity contribution in [2.45, 2.75) is 16.4 Å². The molecular formula is C18H12F3N3O3S. The quantitative estimate of drug-likeness (QED) is 0.443. The number of nitrogens with zero attached hydrogens (tertiary/aromatic N) is 3. The Balaban J connectivity index is 1.90. The fraction of sp³-hybridized carbons (Fsp3) is 0.167. The molecule has 0 bridgehead atoms. The van der Waals surface area contributed by atoms with Gasteiger partial charge in [-0.2, -0.15) is 13.2 Å². The van der Waals surface area contributed by atoms with Gasteiger partial charge in [0.15, 0.2) is 17.1 Å². The Morgan fingerprint density at radius 3 is 2.32 bits per heavy atom. The fourth-order valence-electron chi connectivity index (χ4n) is 2.61. The lowest BCUT2D eigenvalue weighted by Crippen LogP contribution is -2.12. The maximum absolute atomic E-state index is 13.3. The van der Waals surface area contributed by atoms with Crippen LogP contribution in [0.4, 0.5) is 13.2 Å². The number of halogens is 3. The van der Waals surface area contributed by atoms with E-state index in [0.29, 0.717) is 22.2 Å². The van der Waals surface area contributed by atoms with Gasteiger partial charge in [-0.05, 0) is 30.0 Å². The van der Waals surface area contributed by atoms with Gasteiger partial charge in [0.05, 0.1) is 19.7 Å². The first-order valence-corrected chi connectivity index (χ1v) is 8.75. The van der Waals surface area contributed by atoms with E-state index >= 15 is 0 Å². The van der Waals surface area contributed by atoms with E-state index in [2.05, 4.69) is 15.0 Å². The van der Waals surface area contributed by atoms with Crippen LogP contribution in [0.5, 0.6) is 11.5 Å². The highest BCUT2D eigenvalue weighted by molar-refractivity contribution is 7.99. The molecule has 0 radical (unpaired) electrons. The monoisotopic (exact) mass is 407 g/mol. The molecule has 0 N–H and O–H groups in total. The van der Waals surface area contributed by atoms with Crippen LogP contribution in [-0.2, 0) is 6.18 Å². The van der Waals surface area contributed by atoms with Crippen molar-refractivity contribution < 1.29 is 27.1 Å². The zero-order valence-electron chi connectivity index (χ0n) is 14.6. The van der Waals surface area contributed by atoms with Crippen molar-refractivity contribution in [1.82, 2.24) is 15.0 Å². The summed E-state index contributed by atoms with van der Waals surface area (Å²) in [7, 11) is 2.83. The first-order chi connectivity index (χ1) is 13.4. The predicted octanol–water partition coefficient (Wildman–Crippen LogP) is 4.96. The second kappa shape index (κ2) is 6.86. The lowest BCUT2D eigenvalue weighted by atomic mass is 10.2. The Hall–Kier alpha value is -3.01. The molecule has 144 valence electrons. The number of alkyl halides is 3. The van der Waals surface area contributed by atoms with E-state index < -0.39 is 12.0 Å². The van der Waals surface area contributed by atoms with Gasteiger partial charge in [-0.3, -0.25) is 0 Å². The minimum absolute atomic E-state index is 0.0461. The van der Waals surface area contributed by atoms with Gasteiger partial charge in [-0.1, -0.05) is 12.1 Å². The van der Waals surface area contributed by atoms with Crippen LogP contribution in [0.2, 0.25) is 0 Å². The number of ether oxygens (including phenoxy) is 2. The maximum atomic E-state index is 13.3. The van der Waals surface area contributed by atoms with Crippen LogP contribution in [0, 0.1) is 0 Å². The van der Waals surface area contributed by atoms with E-state index in [9.17, 15) is 13.2 Å². The summed E-state index contributed by atoms with van der Waals surface area (Å²) in [4.78, 5) is 11.6. The second-order valence-corrected chi connectivity index (χ2v) is 6.56. The van der Waals surface area contributed by atoms with Gasteiger partial charge in [-0.15, -0.1) is 0 Å². The van der Waals surface area contributed by atoms with Gasteiger partial charge < -0.3 is 13.9 Å². The average molecular weight is 407 g/mol. The first kappa shape index (κ1) is 18.4. The Bertz CT molecular complexity index is 1140. The Morgan fingerprint density at radius 1 is 0.929 bits per heavy atom. The molecule has 0 aliphatic heterocycles. The molecule has 0 saturated carbocycles. The fourth-order valence-corrected chi connectivity index (χ4v) is 3.46. The highest BCUT2D eigenvalue weighted by Crippen LogP contribution is 2.39. The molecule has 0 aliphatic rings. The van der Waals surface area contributed by atoms with Crippen molar-refractivity contribution in [3.8, 4) is 11.5 Å². The van der Waals surface area contributed by atoms with Crippen LogP contribution in [0.25, 0.3) is 22.0 Å². The summed E-state index contributed by atoms with van der Waals surface area (Å²) in [6.07, 6.45) is -4.71. The number of hydrogen-bond acceptors (Lipinski definition) is 7. The van der Waals surface area contributed by atoms with Gasteiger partial charge in [0, 0.05) is 11.5 Å². The largest absolute Gasteiger partial charge is 0.493 e. The molecule has 0 fully saturated rings. The molecule has 0 amide bonds. The summed E-state index contributed by atoms with van der Waals surface area (Å²) >= 11 is 0.880. The molecule has 2 aromatic carbocycles. The van der Waals surface area contributed by atoms with Gasteiger partial charge in [0.2, 0.25) is 5.82 Å². The standard InChI is InChI=1S/C18H12F3N3O3S/c1-25-13-7-9-11(8-14(13)26-2)22-16(18(19,20)21)24-15(9)28-17-23-10-5-3-4-6-12(10)27-17/h3-8H,1-2H3. The van der Waals surface area contributed by atoms with Crippen molar-refractivity contribution in [2.24, 2.45) is 0 Å². The van der Waals surface area contributed by atoms with Crippen molar-refractivity contribution in [2.75, 3.05) is 14.2 Å². The summed E-state index contributed by atoms with van der Waals surface area (Å²) in [5.74, 6) is -0.650. The molecule has 0 saturated heterocycles. The van der Waals surface area contributed by atoms with E-state index in [-0.39, 0.29) is 21.5 Å². The number of oxazole rings is 1. The molecular weight excluding hydrogens is 395 g/mol. The number of fused-ring (bicyclic) bond motifs is 2. The van der Waals surface area contributed by atoms with E-state index in [1.54, 1.807) is 24.3 Å². The lowest BCUT2D eigenvalue weighted by molar-refractivity contribution is -0.145. The maximum Gasteiger partial charge on any atom is 0.451 e. The normalized spacial score (nSPS) is 11.9. The average Bonchev–Trinajstić information content (AvgIpc) is 3.08. The smallest absolute Gasteiger partial charge is 0.451 e. The molecule has 2 aromatic heterocycles. The van der Waals surface area contributed by atoms with Gasteiger partial charge in [0.1, 0.15) is 10.5 Å². The zero-order valence-corrected chi connectivity index (χ0v) is 15.4. The number of rotatable bonds is 4. The molecule has 0 atom stereocenters. The number of benzene rings is 2. The van der Waals surface area contributed by atoms with Crippen molar-refractivity contribution in [3.05, 3.63) is 42.2 Å². The van der Waals surface area contributed by atoms with Gasteiger partial charge in [0.25, 0.3) is 5.22 Å². The van der Waals surface area contributed by atoms with E-state index in [0.717, 1.165) is 11.8 Å². The summed E-state index contributed by atoms with van der Waals surface area (Å²) in [6, 6.07) is 9.94. The van der Waals surface area contributed by atoms with Crippen LogP contribution < -0.4 is 9.47 Å². The number of methoxy groups -OCH3 is 2. The zero-order chi connectivity index (χ0) is 19.9. The summed E-state index contributed by atoms with van der Waals surface area (Å²) < 4.78 is 55.9. The highest BCUT2D eigenvalue weighted by atomic mass is 32.2. The van der Waals surface area contributed by atoms with Crippen LogP contribution in [0.3, 0.4) is 0 Å². The Kier molecular flexibility index (Phi) is 4.50. The lowest BCUT2D eigenvalue weighted by Gasteiger charge is -2.12. The van der Waals surface area contributed by atoms with E-state index in [1.165, 1.54) is 26.4 Å². The highest BCUT2D eigenvalue weighted by Gasteiger charge is 2.36. The Morgan fingerprint density at radius 2 is 1.64 bits per heavy atom. The molecule has 6 nitrogen and oxygen atoms in total. The van der Waals surface area contributed by atoms with Gasteiger partial charge >= 0.3 is 6.18 Å². The summed E-state index contributed by atoms with van der Waals surface area (Å²) in [5, 5.41) is 0.576. The molecule has 0 spiro atoms. The second-order valence-electron chi connectivity index (χ2n) is 5.62. The number of aromatic nitrogens is 3. The third-order valence-corrected chi connectivity index (χ3v) is 4.73. The molecule has 4 aromatic rings. The first-order valence-electron chi connectivity index (χ1n) is 7.93. The Labute approximate surface area is 160 Å². The van der Waals surface area contributed by atoms with Crippen LogP contribution in [-0.4, -0.2) is 29.2 Å². The van der Waals surface area contributed by atoms with Crippen molar-refractivity contribution in [3.63, 3.8) is 0 Å². The summed E-state index contributed by atoms with van der Waals surface area (Å²) in [6.45, 7) is 0. The van der Waals surface area contributed by atoms with Crippen LogP contribution in [0.1, 0.15) is 5.82 Å². The molecule has 2 heterocycles. The van der Waals surface area contributed by atoms with E-state index in [4.69, 9.17) is 13.9 Å². The minimum Gasteiger partial charge on any atom is -0.493 e. The third kappa shape index (κ3) is 3.31. The SMILES string of the molecule is COc1cc2nc(C(F)(F)F)nc(Sc3nc4ccccc4o3)c2cc1OC. The predicted molar refractivity (Wildman–Crippen MR) is 95.8 cm³/mol. The molecule has 10 heteroatoms. The van der Waals surface area contributed by atoms with Gasteiger partial charge in [-0.25, -0.2) is 15.0 Å². The van der Waals surface area contributed by atoms with Crippen LogP contribution in [0.15, 0.2) is 51.1 Å². The van der Waals surface area contributed by atoms with Crippen LogP contribution >= 0.6 is 11.8 Å². The number of para-hydroxylation sites is 2. The van der Waals surface area contributed by atoms with Crippen molar-refractivity contribution >= 4 is 33.8 Å². The van der Waals surface area contributed by atoms with E-state index in [1.807, 2.05) is 0 Å². The minimum atomic E-state index is -4.71. The molecule has 28 heavy (non-hydrogen) atoms. The molecule has 0 unspecified atom stereocenters. The van der Waals surface area contributed by atoms with Crippen molar-refractivity contribution in [1.29, 1.82) is 0 Å². The summed E-state index contributed by atoms with van der Waals surface area (Å²) in [5.41, 5.74) is 1.19. The topological polar surface area (TPSA) is 70.3 Å².